The molecule has 2 aromatic carbocycles. The highest BCUT2D eigenvalue weighted by Gasteiger charge is 2.36. The van der Waals surface area contributed by atoms with Crippen molar-refractivity contribution in [2.45, 2.75) is 20.8 Å². The van der Waals surface area contributed by atoms with Crippen molar-refractivity contribution in [3.05, 3.63) is 59.1 Å². The number of benzene rings is 2. The molecular formula is C19H19ClN2O3. The predicted molar refractivity (Wildman–Crippen MR) is 98.9 cm³/mol. The summed E-state index contributed by atoms with van der Waals surface area (Å²) in [6, 6.07) is 13.3. The fourth-order valence-corrected chi connectivity index (χ4v) is 2.20. The number of Topliss-reactive ketones (excluding diaryl/α,β-unsaturated/α-hetero) is 1. The van der Waals surface area contributed by atoms with E-state index < -0.39 is 17.2 Å². The Bertz CT molecular complexity index is 814. The lowest BCUT2D eigenvalue weighted by atomic mass is 9.90. The summed E-state index contributed by atoms with van der Waals surface area (Å²) in [5.74, 6) is -0.997. The number of ketones is 1. The van der Waals surface area contributed by atoms with Gasteiger partial charge in [0.15, 0.2) is 5.78 Å². The van der Waals surface area contributed by atoms with Crippen molar-refractivity contribution in [3.8, 4) is 0 Å². The first-order chi connectivity index (χ1) is 11.7. The van der Waals surface area contributed by atoms with Crippen LogP contribution in [0.15, 0.2) is 48.5 Å². The molecule has 2 N–H and O–H groups in total. The third-order valence-electron chi connectivity index (χ3n) is 3.81. The van der Waals surface area contributed by atoms with Gasteiger partial charge in [-0.3, -0.25) is 14.4 Å². The van der Waals surface area contributed by atoms with Gasteiger partial charge < -0.3 is 10.6 Å². The normalized spacial score (nSPS) is 10.9. The molecule has 0 aromatic heterocycles. The topological polar surface area (TPSA) is 75.3 Å². The number of hydrogen-bond donors (Lipinski definition) is 2. The Balaban J connectivity index is 2.09. The van der Waals surface area contributed by atoms with Gasteiger partial charge in [-0.25, -0.2) is 0 Å². The van der Waals surface area contributed by atoms with Gasteiger partial charge in [0, 0.05) is 11.3 Å². The monoisotopic (exact) mass is 358 g/mol. The largest absolute Gasteiger partial charge is 0.325 e. The molecule has 6 heteroatoms. The smallest absolute Gasteiger partial charge is 0.239 e. The van der Waals surface area contributed by atoms with Crippen molar-refractivity contribution in [2.24, 2.45) is 5.41 Å². The maximum Gasteiger partial charge on any atom is 0.239 e. The zero-order valence-electron chi connectivity index (χ0n) is 14.2. The van der Waals surface area contributed by atoms with E-state index in [1.165, 1.54) is 20.8 Å². The van der Waals surface area contributed by atoms with Crippen LogP contribution in [0.25, 0.3) is 0 Å². The number of rotatable bonds is 5. The molecule has 0 radical (unpaired) electrons. The average molecular weight is 359 g/mol. The molecule has 0 aliphatic carbocycles. The third kappa shape index (κ3) is 4.45. The fraction of sp³-hybridized carbons (Fsp3) is 0.211. The standard InChI is InChI=1S/C19H19ClN2O3/c1-12(23)13-8-10-14(11-9-13)21-17(24)19(2,3)18(25)22-16-7-5-4-6-15(16)20/h4-11H,1-3H3,(H,21,24)(H,22,25). The number of halogens is 1. The average Bonchev–Trinajstić information content (AvgIpc) is 2.57. The summed E-state index contributed by atoms with van der Waals surface area (Å²) in [6.45, 7) is 4.52. The SMILES string of the molecule is CC(=O)c1ccc(NC(=O)C(C)(C)C(=O)Nc2ccccc2Cl)cc1. The summed E-state index contributed by atoms with van der Waals surface area (Å²) in [5, 5.41) is 5.75. The summed E-state index contributed by atoms with van der Waals surface area (Å²) < 4.78 is 0. The second-order valence-corrected chi connectivity index (χ2v) is 6.55. The van der Waals surface area contributed by atoms with E-state index in [1.54, 1.807) is 48.5 Å². The molecule has 25 heavy (non-hydrogen) atoms. The highest BCUT2D eigenvalue weighted by atomic mass is 35.5. The van der Waals surface area contributed by atoms with E-state index >= 15 is 0 Å². The van der Waals surface area contributed by atoms with E-state index in [-0.39, 0.29) is 5.78 Å². The molecule has 0 unspecified atom stereocenters. The Labute approximate surface area is 151 Å². The van der Waals surface area contributed by atoms with Crippen molar-refractivity contribution in [1.29, 1.82) is 0 Å². The molecule has 0 aliphatic rings. The van der Waals surface area contributed by atoms with Crippen LogP contribution < -0.4 is 10.6 Å². The van der Waals surface area contributed by atoms with Crippen LogP contribution in [0.3, 0.4) is 0 Å². The summed E-state index contributed by atoms with van der Waals surface area (Å²) in [6.07, 6.45) is 0. The highest BCUT2D eigenvalue weighted by Crippen LogP contribution is 2.25. The zero-order valence-corrected chi connectivity index (χ0v) is 15.0. The minimum absolute atomic E-state index is 0.0580. The second-order valence-electron chi connectivity index (χ2n) is 6.15. The minimum atomic E-state index is -1.32. The maximum atomic E-state index is 12.5. The van der Waals surface area contributed by atoms with Crippen molar-refractivity contribution >= 4 is 40.6 Å². The number of carbonyl (C=O) groups is 3. The summed E-state index contributed by atoms with van der Waals surface area (Å²) in [5.41, 5.74) is 0.182. The highest BCUT2D eigenvalue weighted by molar-refractivity contribution is 6.34. The molecule has 2 amide bonds. The number of amides is 2. The number of anilines is 2. The quantitative estimate of drug-likeness (QED) is 0.622. The van der Waals surface area contributed by atoms with Gasteiger partial charge >= 0.3 is 0 Å². The molecular weight excluding hydrogens is 340 g/mol. The Hall–Kier alpha value is -2.66. The van der Waals surface area contributed by atoms with Crippen molar-refractivity contribution in [3.63, 3.8) is 0 Å². The third-order valence-corrected chi connectivity index (χ3v) is 4.14. The number of para-hydroxylation sites is 1. The number of carbonyl (C=O) groups excluding carboxylic acids is 3. The number of hydrogen-bond acceptors (Lipinski definition) is 3. The Morgan fingerprint density at radius 2 is 1.44 bits per heavy atom. The van der Waals surface area contributed by atoms with Crippen molar-refractivity contribution < 1.29 is 14.4 Å². The van der Waals surface area contributed by atoms with Crippen molar-refractivity contribution in [1.82, 2.24) is 0 Å². The van der Waals surface area contributed by atoms with Gasteiger partial charge in [-0.15, -0.1) is 0 Å². The molecule has 130 valence electrons. The lowest BCUT2D eigenvalue weighted by Gasteiger charge is -2.23. The van der Waals surface area contributed by atoms with Gasteiger partial charge in [0.2, 0.25) is 11.8 Å². The van der Waals surface area contributed by atoms with Gasteiger partial charge in [0.25, 0.3) is 0 Å². The molecule has 0 fully saturated rings. The molecule has 0 atom stereocenters. The van der Waals surface area contributed by atoms with Gasteiger partial charge in [0.05, 0.1) is 10.7 Å². The van der Waals surface area contributed by atoms with E-state index in [1.807, 2.05) is 0 Å². The van der Waals surface area contributed by atoms with Crippen LogP contribution in [0.2, 0.25) is 5.02 Å². The van der Waals surface area contributed by atoms with E-state index in [0.29, 0.717) is 22.0 Å². The van der Waals surface area contributed by atoms with Gasteiger partial charge in [-0.2, -0.15) is 0 Å². The molecule has 0 saturated heterocycles. The Kier molecular flexibility index (Phi) is 5.59. The predicted octanol–water partition coefficient (Wildman–Crippen LogP) is 4.15. The summed E-state index contributed by atoms with van der Waals surface area (Å²) in [7, 11) is 0. The molecule has 0 heterocycles. The first kappa shape index (κ1) is 18.7. The van der Waals surface area contributed by atoms with Gasteiger partial charge in [-0.1, -0.05) is 23.7 Å². The molecule has 0 saturated carbocycles. The number of nitrogens with one attached hydrogen (secondary N) is 2. The molecule has 2 aromatic rings. The van der Waals surface area contributed by atoms with Crippen LogP contribution >= 0.6 is 11.6 Å². The second kappa shape index (κ2) is 7.49. The van der Waals surface area contributed by atoms with Crippen LogP contribution in [-0.4, -0.2) is 17.6 Å². The molecule has 0 spiro atoms. The Morgan fingerprint density at radius 3 is 2.00 bits per heavy atom. The van der Waals surface area contributed by atoms with Crippen LogP contribution in [0, 0.1) is 5.41 Å². The molecule has 2 rings (SSSR count). The minimum Gasteiger partial charge on any atom is -0.325 e. The first-order valence-corrected chi connectivity index (χ1v) is 8.08. The zero-order chi connectivity index (χ0) is 18.6. The molecule has 0 bridgehead atoms. The van der Waals surface area contributed by atoms with Crippen LogP contribution in [0.5, 0.6) is 0 Å². The fourth-order valence-electron chi connectivity index (χ4n) is 2.02. The summed E-state index contributed by atoms with van der Waals surface area (Å²) >= 11 is 6.03. The summed E-state index contributed by atoms with van der Waals surface area (Å²) in [4.78, 5) is 36.3. The van der Waals surface area contributed by atoms with E-state index in [9.17, 15) is 14.4 Å². The van der Waals surface area contributed by atoms with Crippen molar-refractivity contribution in [2.75, 3.05) is 10.6 Å². The van der Waals surface area contributed by atoms with Crippen LogP contribution in [0.1, 0.15) is 31.1 Å². The molecule has 5 nitrogen and oxygen atoms in total. The van der Waals surface area contributed by atoms with Crippen LogP contribution in [0.4, 0.5) is 11.4 Å². The lowest BCUT2D eigenvalue weighted by Crippen LogP contribution is -2.41. The lowest BCUT2D eigenvalue weighted by molar-refractivity contribution is -0.135. The molecule has 0 aliphatic heterocycles. The van der Waals surface area contributed by atoms with Gasteiger partial charge in [0.1, 0.15) is 5.41 Å². The maximum absolute atomic E-state index is 12.5. The van der Waals surface area contributed by atoms with Crippen LogP contribution in [-0.2, 0) is 9.59 Å². The first-order valence-electron chi connectivity index (χ1n) is 7.70. The Morgan fingerprint density at radius 1 is 0.880 bits per heavy atom. The van der Waals surface area contributed by atoms with Gasteiger partial charge in [-0.05, 0) is 57.2 Å². The van der Waals surface area contributed by atoms with E-state index in [2.05, 4.69) is 10.6 Å². The van der Waals surface area contributed by atoms with E-state index in [0.717, 1.165) is 0 Å². The van der Waals surface area contributed by atoms with E-state index in [4.69, 9.17) is 11.6 Å².